The summed E-state index contributed by atoms with van der Waals surface area (Å²) in [5, 5.41) is 3.52. The Hall–Kier alpha value is -2.15. The van der Waals surface area contributed by atoms with Crippen LogP contribution in [0.1, 0.15) is 28.7 Å². The van der Waals surface area contributed by atoms with Gasteiger partial charge in [-0.1, -0.05) is 18.2 Å². The van der Waals surface area contributed by atoms with Crippen molar-refractivity contribution in [1.82, 2.24) is 24.6 Å². The van der Waals surface area contributed by atoms with Crippen LogP contribution in [0.3, 0.4) is 0 Å². The number of fused-ring (bicyclic) bond motifs is 1. The SMILES string of the molecule is COc1ccccc1C1CNCCN1Cc1cnc2nc(C)cc(C)n12.Cl. The van der Waals surface area contributed by atoms with Crippen LogP contribution >= 0.6 is 12.4 Å². The fourth-order valence-corrected chi connectivity index (χ4v) is 3.90. The van der Waals surface area contributed by atoms with Crippen molar-refractivity contribution in [3.63, 3.8) is 0 Å². The Morgan fingerprint density at radius 3 is 2.89 bits per heavy atom. The van der Waals surface area contributed by atoms with Crippen molar-refractivity contribution in [2.45, 2.75) is 26.4 Å². The van der Waals surface area contributed by atoms with Gasteiger partial charge in [0.15, 0.2) is 0 Å². The minimum atomic E-state index is 0. The van der Waals surface area contributed by atoms with Gasteiger partial charge in [-0.2, -0.15) is 0 Å². The lowest BCUT2D eigenvalue weighted by Crippen LogP contribution is -2.45. The molecule has 0 saturated carbocycles. The molecule has 1 aliphatic heterocycles. The first-order chi connectivity index (χ1) is 12.7. The van der Waals surface area contributed by atoms with Gasteiger partial charge >= 0.3 is 0 Å². The minimum Gasteiger partial charge on any atom is -0.496 e. The Kier molecular flexibility index (Phi) is 5.99. The van der Waals surface area contributed by atoms with E-state index in [4.69, 9.17) is 4.74 Å². The van der Waals surface area contributed by atoms with Crippen LogP contribution in [0.4, 0.5) is 0 Å². The monoisotopic (exact) mass is 387 g/mol. The molecule has 1 atom stereocenters. The minimum absolute atomic E-state index is 0. The molecule has 1 aromatic carbocycles. The average molecular weight is 388 g/mol. The summed E-state index contributed by atoms with van der Waals surface area (Å²) in [6.45, 7) is 7.83. The molecule has 0 radical (unpaired) electrons. The first-order valence-electron chi connectivity index (χ1n) is 9.05. The number of piperazine rings is 1. The van der Waals surface area contributed by atoms with Gasteiger partial charge in [-0.15, -0.1) is 12.4 Å². The number of ether oxygens (including phenoxy) is 1. The number of imidazole rings is 1. The third kappa shape index (κ3) is 3.78. The van der Waals surface area contributed by atoms with Crippen molar-refractivity contribution in [2.75, 3.05) is 26.7 Å². The maximum Gasteiger partial charge on any atom is 0.234 e. The van der Waals surface area contributed by atoms with E-state index in [0.29, 0.717) is 0 Å². The van der Waals surface area contributed by atoms with Gasteiger partial charge < -0.3 is 10.1 Å². The van der Waals surface area contributed by atoms with Crippen LogP contribution in [0.15, 0.2) is 36.5 Å². The zero-order chi connectivity index (χ0) is 18.1. The maximum absolute atomic E-state index is 5.60. The summed E-state index contributed by atoms with van der Waals surface area (Å²) in [4.78, 5) is 11.6. The van der Waals surface area contributed by atoms with Gasteiger partial charge in [0, 0.05) is 43.1 Å². The molecular formula is C20H26ClN5O. The van der Waals surface area contributed by atoms with Gasteiger partial charge in [0.1, 0.15) is 5.75 Å². The van der Waals surface area contributed by atoms with Crippen LogP contribution in [0.5, 0.6) is 5.75 Å². The Balaban J connectivity index is 0.00000210. The molecule has 1 fully saturated rings. The van der Waals surface area contributed by atoms with Crippen LogP contribution in [0.2, 0.25) is 0 Å². The molecule has 1 unspecified atom stereocenters. The summed E-state index contributed by atoms with van der Waals surface area (Å²) in [7, 11) is 1.74. The first-order valence-corrected chi connectivity index (χ1v) is 9.05. The molecule has 0 bridgehead atoms. The van der Waals surface area contributed by atoms with Crippen molar-refractivity contribution in [2.24, 2.45) is 0 Å². The molecule has 2 aromatic heterocycles. The van der Waals surface area contributed by atoms with E-state index in [-0.39, 0.29) is 18.4 Å². The van der Waals surface area contributed by atoms with E-state index in [1.54, 1.807) is 7.11 Å². The van der Waals surface area contributed by atoms with E-state index in [0.717, 1.165) is 43.4 Å². The number of benzene rings is 1. The summed E-state index contributed by atoms with van der Waals surface area (Å²) < 4.78 is 7.76. The highest BCUT2D eigenvalue weighted by Crippen LogP contribution is 2.31. The number of nitrogens with zero attached hydrogens (tertiary/aromatic N) is 4. The van der Waals surface area contributed by atoms with Gasteiger partial charge in [-0.25, -0.2) is 9.97 Å². The fourth-order valence-electron chi connectivity index (χ4n) is 3.90. The summed E-state index contributed by atoms with van der Waals surface area (Å²) in [5.41, 5.74) is 4.57. The molecule has 3 heterocycles. The zero-order valence-corrected chi connectivity index (χ0v) is 16.8. The molecule has 0 aliphatic carbocycles. The predicted molar refractivity (Wildman–Crippen MR) is 109 cm³/mol. The lowest BCUT2D eigenvalue weighted by molar-refractivity contribution is 0.149. The second-order valence-electron chi connectivity index (χ2n) is 6.86. The molecule has 6 nitrogen and oxygen atoms in total. The number of methoxy groups -OCH3 is 1. The molecular weight excluding hydrogens is 362 g/mol. The van der Waals surface area contributed by atoms with Crippen molar-refractivity contribution in [3.05, 3.63) is 59.2 Å². The number of hydrogen-bond acceptors (Lipinski definition) is 5. The third-order valence-corrected chi connectivity index (χ3v) is 5.08. The maximum atomic E-state index is 5.60. The molecule has 0 amide bonds. The number of nitrogens with one attached hydrogen (secondary N) is 1. The Labute approximate surface area is 166 Å². The number of hydrogen-bond donors (Lipinski definition) is 1. The molecule has 27 heavy (non-hydrogen) atoms. The van der Waals surface area contributed by atoms with Crippen molar-refractivity contribution < 1.29 is 4.74 Å². The van der Waals surface area contributed by atoms with Crippen LogP contribution in [0.25, 0.3) is 5.78 Å². The predicted octanol–water partition coefficient (Wildman–Crippen LogP) is 2.92. The highest BCUT2D eigenvalue weighted by atomic mass is 35.5. The normalized spacial score (nSPS) is 17.7. The van der Waals surface area contributed by atoms with E-state index < -0.39 is 0 Å². The summed E-state index contributed by atoms with van der Waals surface area (Å²) >= 11 is 0. The van der Waals surface area contributed by atoms with E-state index in [2.05, 4.69) is 49.7 Å². The quantitative estimate of drug-likeness (QED) is 0.746. The summed E-state index contributed by atoms with van der Waals surface area (Å²) in [6.07, 6.45) is 1.95. The Bertz CT molecular complexity index is 926. The van der Waals surface area contributed by atoms with Crippen LogP contribution in [0, 0.1) is 13.8 Å². The van der Waals surface area contributed by atoms with Gasteiger partial charge in [-0.3, -0.25) is 9.30 Å². The van der Waals surface area contributed by atoms with E-state index in [1.165, 1.54) is 17.0 Å². The Morgan fingerprint density at radius 2 is 2.07 bits per heavy atom. The number of rotatable bonds is 4. The Morgan fingerprint density at radius 1 is 1.26 bits per heavy atom. The molecule has 3 aromatic rings. The van der Waals surface area contributed by atoms with Gasteiger partial charge in [-0.05, 0) is 26.0 Å². The number of halogens is 1. The molecule has 0 spiro atoms. The van der Waals surface area contributed by atoms with Crippen LogP contribution < -0.4 is 10.1 Å². The van der Waals surface area contributed by atoms with Crippen LogP contribution in [-0.2, 0) is 6.54 Å². The molecule has 1 N–H and O–H groups in total. The van der Waals surface area contributed by atoms with Crippen molar-refractivity contribution >= 4 is 18.2 Å². The van der Waals surface area contributed by atoms with Crippen molar-refractivity contribution in [1.29, 1.82) is 0 Å². The van der Waals surface area contributed by atoms with Gasteiger partial charge in [0.05, 0.1) is 25.0 Å². The van der Waals surface area contributed by atoms with Crippen LogP contribution in [-0.4, -0.2) is 46.0 Å². The van der Waals surface area contributed by atoms with Gasteiger partial charge in [0.2, 0.25) is 5.78 Å². The largest absolute Gasteiger partial charge is 0.496 e. The third-order valence-electron chi connectivity index (χ3n) is 5.08. The summed E-state index contributed by atoms with van der Waals surface area (Å²) in [6, 6.07) is 10.7. The second-order valence-corrected chi connectivity index (χ2v) is 6.86. The van der Waals surface area contributed by atoms with E-state index >= 15 is 0 Å². The second kappa shape index (κ2) is 8.25. The zero-order valence-electron chi connectivity index (χ0n) is 16.0. The number of para-hydroxylation sites is 1. The number of aryl methyl sites for hydroxylation is 2. The standard InChI is InChI=1S/C20H25N5O.ClH/c1-14-10-15(2)25-16(11-22-20(25)23-14)13-24-9-8-21-12-18(24)17-6-4-5-7-19(17)26-3;/h4-7,10-11,18,21H,8-9,12-13H2,1-3H3;1H. The molecule has 144 valence electrons. The molecule has 4 rings (SSSR count). The summed E-state index contributed by atoms with van der Waals surface area (Å²) in [5.74, 6) is 1.72. The number of aromatic nitrogens is 3. The van der Waals surface area contributed by atoms with E-state index in [9.17, 15) is 0 Å². The average Bonchev–Trinajstić information content (AvgIpc) is 3.05. The fraction of sp³-hybridized carbons (Fsp3) is 0.400. The lowest BCUT2D eigenvalue weighted by atomic mass is 10.0. The highest BCUT2D eigenvalue weighted by Gasteiger charge is 2.27. The molecule has 7 heteroatoms. The van der Waals surface area contributed by atoms with Crippen molar-refractivity contribution in [3.8, 4) is 5.75 Å². The molecule has 1 saturated heterocycles. The smallest absolute Gasteiger partial charge is 0.234 e. The topological polar surface area (TPSA) is 54.7 Å². The molecule has 1 aliphatic rings. The van der Waals surface area contributed by atoms with E-state index in [1.807, 2.05) is 25.3 Å². The van der Waals surface area contributed by atoms with Gasteiger partial charge in [0.25, 0.3) is 0 Å². The lowest BCUT2D eigenvalue weighted by Gasteiger charge is -2.37. The highest BCUT2D eigenvalue weighted by molar-refractivity contribution is 5.85. The first kappa shape index (κ1) is 19.6.